The number of amides is 1. The molecule has 0 bridgehead atoms. The number of hydrogen-bond donors (Lipinski definition) is 2. The maximum atomic E-state index is 11.9. The van der Waals surface area contributed by atoms with Gasteiger partial charge in [-0.1, -0.05) is 54.0 Å². The lowest BCUT2D eigenvalue weighted by Gasteiger charge is -2.11. The first kappa shape index (κ1) is 14.0. The average molecular weight is 321 g/mol. The molecule has 2 aromatic carbocycles. The molecule has 0 aliphatic carbocycles. The van der Waals surface area contributed by atoms with Crippen molar-refractivity contribution in [2.24, 2.45) is 0 Å². The van der Waals surface area contributed by atoms with Gasteiger partial charge in [-0.3, -0.25) is 4.79 Å². The van der Waals surface area contributed by atoms with Crippen molar-refractivity contribution >= 4 is 38.3 Å². The number of hydrogen-bond acceptors (Lipinski definition) is 2. The van der Waals surface area contributed by atoms with Crippen LogP contribution in [-0.2, 0) is 4.79 Å². The van der Waals surface area contributed by atoms with Gasteiger partial charge in [0.05, 0.1) is 6.54 Å². The first-order valence-electron chi connectivity index (χ1n) is 6.28. The van der Waals surface area contributed by atoms with Crippen molar-refractivity contribution in [1.82, 2.24) is 5.32 Å². The normalized spacial score (nSPS) is 10.9. The maximum Gasteiger partial charge on any atom is 0.238 e. The van der Waals surface area contributed by atoms with Crippen LogP contribution in [0.15, 0.2) is 40.9 Å². The Kier molecular flexibility index (Phi) is 4.56. The molecule has 0 heterocycles. The zero-order valence-electron chi connectivity index (χ0n) is 11.0. The van der Waals surface area contributed by atoms with Gasteiger partial charge in [-0.25, -0.2) is 0 Å². The molecule has 2 aromatic rings. The van der Waals surface area contributed by atoms with Crippen LogP contribution in [0.1, 0.15) is 13.8 Å². The second-order valence-corrected chi connectivity index (χ2v) is 5.58. The first-order valence-corrected chi connectivity index (χ1v) is 7.07. The summed E-state index contributed by atoms with van der Waals surface area (Å²) in [6, 6.07) is 12.2. The van der Waals surface area contributed by atoms with Gasteiger partial charge in [0.1, 0.15) is 0 Å². The van der Waals surface area contributed by atoms with E-state index in [9.17, 15) is 4.79 Å². The largest absolute Gasteiger partial charge is 0.324 e. The van der Waals surface area contributed by atoms with Crippen LogP contribution in [0, 0.1) is 0 Å². The molecule has 2 rings (SSSR count). The Morgan fingerprint density at radius 3 is 2.53 bits per heavy atom. The summed E-state index contributed by atoms with van der Waals surface area (Å²) in [5, 5.41) is 8.18. The fraction of sp³-hybridized carbons (Fsp3) is 0.267. The number of fused-ring (bicyclic) bond motifs is 1. The lowest BCUT2D eigenvalue weighted by atomic mass is 10.1. The van der Waals surface area contributed by atoms with E-state index in [0.717, 1.165) is 20.9 Å². The van der Waals surface area contributed by atoms with E-state index in [1.54, 1.807) is 0 Å². The van der Waals surface area contributed by atoms with Crippen molar-refractivity contribution < 1.29 is 4.79 Å². The average Bonchev–Trinajstić information content (AvgIpc) is 2.40. The lowest BCUT2D eigenvalue weighted by molar-refractivity contribution is -0.115. The summed E-state index contributed by atoms with van der Waals surface area (Å²) in [6.07, 6.45) is 0. The fourth-order valence-electron chi connectivity index (χ4n) is 1.86. The second-order valence-electron chi connectivity index (χ2n) is 4.72. The Balaban J connectivity index is 2.21. The zero-order chi connectivity index (χ0) is 13.8. The molecule has 0 atom stereocenters. The molecule has 0 saturated carbocycles. The summed E-state index contributed by atoms with van der Waals surface area (Å²) in [7, 11) is 0. The van der Waals surface area contributed by atoms with Crippen molar-refractivity contribution in [1.29, 1.82) is 0 Å². The molecule has 4 heteroatoms. The monoisotopic (exact) mass is 320 g/mol. The van der Waals surface area contributed by atoms with Gasteiger partial charge in [0.15, 0.2) is 0 Å². The molecule has 0 saturated heterocycles. The quantitative estimate of drug-likeness (QED) is 0.904. The van der Waals surface area contributed by atoms with Crippen molar-refractivity contribution in [3.05, 3.63) is 40.9 Å². The lowest BCUT2D eigenvalue weighted by Crippen LogP contribution is -2.32. The molecule has 1 amide bonds. The van der Waals surface area contributed by atoms with E-state index >= 15 is 0 Å². The Bertz CT molecular complexity index is 596. The minimum Gasteiger partial charge on any atom is -0.324 e. The van der Waals surface area contributed by atoms with Crippen LogP contribution in [0.25, 0.3) is 10.8 Å². The van der Waals surface area contributed by atoms with Crippen LogP contribution in [0.4, 0.5) is 5.69 Å². The van der Waals surface area contributed by atoms with E-state index in [0.29, 0.717) is 12.6 Å². The topological polar surface area (TPSA) is 41.1 Å². The summed E-state index contributed by atoms with van der Waals surface area (Å²) >= 11 is 3.52. The molecular weight excluding hydrogens is 304 g/mol. The van der Waals surface area contributed by atoms with Gasteiger partial charge in [0.2, 0.25) is 5.91 Å². The van der Waals surface area contributed by atoms with E-state index < -0.39 is 0 Å². The van der Waals surface area contributed by atoms with E-state index in [2.05, 4.69) is 26.6 Å². The van der Waals surface area contributed by atoms with Crippen molar-refractivity contribution in [2.75, 3.05) is 11.9 Å². The van der Waals surface area contributed by atoms with Crippen LogP contribution < -0.4 is 10.6 Å². The number of carbonyl (C=O) groups is 1. The summed E-state index contributed by atoms with van der Waals surface area (Å²) in [5.74, 6) is -0.0267. The van der Waals surface area contributed by atoms with Gasteiger partial charge >= 0.3 is 0 Å². The van der Waals surface area contributed by atoms with Gasteiger partial charge in [0, 0.05) is 21.6 Å². The van der Waals surface area contributed by atoms with E-state index in [1.807, 2.05) is 50.2 Å². The van der Waals surface area contributed by atoms with Gasteiger partial charge in [-0.15, -0.1) is 0 Å². The molecule has 0 aliphatic rings. The van der Waals surface area contributed by atoms with Crippen LogP contribution in [0.2, 0.25) is 0 Å². The highest BCUT2D eigenvalue weighted by atomic mass is 79.9. The SMILES string of the molecule is CC(C)NCC(=O)Nc1ccc(Br)c2ccccc12. The zero-order valence-corrected chi connectivity index (χ0v) is 12.6. The third kappa shape index (κ3) is 3.55. The van der Waals surface area contributed by atoms with Gasteiger partial charge in [0.25, 0.3) is 0 Å². The predicted octanol–water partition coefficient (Wildman–Crippen LogP) is 3.54. The summed E-state index contributed by atoms with van der Waals surface area (Å²) in [5.41, 5.74) is 0.842. The van der Waals surface area contributed by atoms with E-state index in [1.165, 1.54) is 0 Å². The molecule has 0 fully saturated rings. The summed E-state index contributed by atoms with van der Waals surface area (Å²) in [6.45, 7) is 4.35. The number of nitrogens with one attached hydrogen (secondary N) is 2. The van der Waals surface area contributed by atoms with E-state index in [4.69, 9.17) is 0 Å². The molecule has 0 radical (unpaired) electrons. The number of rotatable bonds is 4. The van der Waals surface area contributed by atoms with Crippen LogP contribution >= 0.6 is 15.9 Å². The van der Waals surface area contributed by atoms with Crippen LogP contribution in [0.3, 0.4) is 0 Å². The molecule has 0 aromatic heterocycles. The van der Waals surface area contributed by atoms with Gasteiger partial charge in [-0.2, -0.15) is 0 Å². The highest BCUT2D eigenvalue weighted by Gasteiger charge is 2.07. The fourth-order valence-corrected chi connectivity index (χ4v) is 2.34. The molecule has 2 N–H and O–H groups in total. The third-order valence-corrected chi connectivity index (χ3v) is 3.51. The summed E-state index contributed by atoms with van der Waals surface area (Å²) < 4.78 is 1.03. The molecule has 0 unspecified atom stereocenters. The van der Waals surface area contributed by atoms with Gasteiger partial charge < -0.3 is 10.6 Å². The van der Waals surface area contributed by atoms with E-state index in [-0.39, 0.29) is 5.91 Å². The highest BCUT2D eigenvalue weighted by molar-refractivity contribution is 9.10. The summed E-state index contributed by atoms with van der Waals surface area (Å²) in [4.78, 5) is 11.9. The number of carbonyl (C=O) groups excluding carboxylic acids is 1. The number of anilines is 1. The smallest absolute Gasteiger partial charge is 0.238 e. The maximum absolute atomic E-state index is 11.9. The Morgan fingerprint density at radius 2 is 1.84 bits per heavy atom. The highest BCUT2D eigenvalue weighted by Crippen LogP contribution is 2.29. The Labute approximate surface area is 121 Å². The minimum atomic E-state index is -0.0267. The molecular formula is C15H17BrN2O. The van der Waals surface area contributed by atoms with Crippen LogP contribution in [-0.4, -0.2) is 18.5 Å². The Morgan fingerprint density at radius 1 is 1.16 bits per heavy atom. The predicted molar refractivity (Wildman–Crippen MR) is 83.4 cm³/mol. The third-order valence-electron chi connectivity index (χ3n) is 2.82. The van der Waals surface area contributed by atoms with Crippen molar-refractivity contribution in [3.8, 4) is 0 Å². The Hall–Kier alpha value is -1.39. The molecule has 0 spiro atoms. The molecule has 19 heavy (non-hydrogen) atoms. The number of benzene rings is 2. The number of halogens is 1. The van der Waals surface area contributed by atoms with Crippen molar-refractivity contribution in [2.45, 2.75) is 19.9 Å². The molecule has 100 valence electrons. The standard InChI is InChI=1S/C15H17BrN2O/c1-10(2)17-9-15(19)18-14-8-7-13(16)11-5-3-4-6-12(11)14/h3-8,10,17H,9H2,1-2H3,(H,18,19). The second kappa shape index (κ2) is 6.17. The molecule has 0 aliphatic heterocycles. The molecule has 3 nitrogen and oxygen atoms in total. The van der Waals surface area contributed by atoms with Gasteiger partial charge in [-0.05, 0) is 17.5 Å². The minimum absolute atomic E-state index is 0.0267. The van der Waals surface area contributed by atoms with Crippen molar-refractivity contribution in [3.63, 3.8) is 0 Å². The first-order chi connectivity index (χ1) is 9.08. The van der Waals surface area contributed by atoms with Crippen LogP contribution in [0.5, 0.6) is 0 Å².